The summed E-state index contributed by atoms with van der Waals surface area (Å²) in [5, 5.41) is 16.8. The number of H-pyrrole nitrogens is 1. The molecule has 2 aliphatic rings. The molecule has 0 aliphatic carbocycles. The Morgan fingerprint density at radius 2 is 1.97 bits per heavy atom. The van der Waals surface area contributed by atoms with Gasteiger partial charge in [0.25, 0.3) is 5.91 Å². The number of anilines is 1. The number of benzene rings is 2. The SMILES string of the molecule is Cc1cccc2[nH]c(C(=O)N[C@H](CC(C)(C)C)C(=O)N3C[C@]4(C[C@H]3C#N)C(=O)Nc3ccccc34)cc12. The monoisotopic (exact) mass is 497 g/mol. The smallest absolute Gasteiger partial charge is 0.268 e. The highest BCUT2D eigenvalue weighted by Gasteiger charge is 2.56. The fraction of sp³-hybridized carbons (Fsp3) is 0.379. The van der Waals surface area contributed by atoms with Crippen molar-refractivity contribution in [3.8, 4) is 6.07 Å². The quantitative estimate of drug-likeness (QED) is 0.504. The van der Waals surface area contributed by atoms with E-state index in [0.717, 1.165) is 22.0 Å². The van der Waals surface area contributed by atoms with Crippen molar-refractivity contribution in [1.82, 2.24) is 15.2 Å². The van der Waals surface area contributed by atoms with Crippen molar-refractivity contribution in [2.24, 2.45) is 5.41 Å². The van der Waals surface area contributed by atoms with Gasteiger partial charge in [0, 0.05) is 29.6 Å². The maximum atomic E-state index is 14.0. The second-order valence-electron chi connectivity index (χ2n) is 11.4. The third-order valence-electron chi connectivity index (χ3n) is 7.46. The molecule has 3 N–H and O–H groups in total. The van der Waals surface area contributed by atoms with Crippen LogP contribution in [0.2, 0.25) is 0 Å². The fourth-order valence-corrected chi connectivity index (χ4v) is 5.66. The third kappa shape index (κ3) is 4.25. The molecule has 8 nitrogen and oxygen atoms in total. The lowest BCUT2D eigenvalue weighted by Gasteiger charge is -2.31. The van der Waals surface area contributed by atoms with Crippen molar-refractivity contribution in [3.05, 3.63) is 65.4 Å². The summed E-state index contributed by atoms with van der Waals surface area (Å²) in [6.45, 7) is 8.07. The molecule has 3 heterocycles. The number of nitrogens with zero attached hydrogens (tertiary/aromatic N) is 2. The van der Waals surface area contributed by atoms with Gasteiger partial charge < -0.3 is 20.5 Å². The van der Waals surface area contributed by atoms with Crippen molar-refractivity contribution >= 4 is 34.3 Å². The maximum absolute atomic E-state index is 14.0. The fourth-order valence-electron chi connectivity index (χ4n) is 5.66. The van der Waals surface area contributed by atoms with Gasteiger partial charge in [-0.2, -0.15) is 5.26 Å². The summed E-state index contributed by atoms with van der Waals surface area (Å²) in [6.07, 6.45) is 0.594. The van der Waals surface area contributed by atoms with E-state index in [2.05, 4.69) is 21.7 Å². The van der Waals surface area contributed by atoms with Crippen LogP contribution in [-0.4, -0.2) is 46.2 Å². The van der Waals surface area contributed by atoms with Crippen molar-refractivity contribution in [2.45, 2.75) is 58.0 Å². The summed E-state index contributed by atoms with van der Waals surface area (Å²) in [5.41, 5.74) is 2.53. The van der Waals surface area contributed by atoms with Crippen molar-refractivity contribution in [3.63, 3.8) is 0 Å². The van der Waals surface area contributed by atoms with E-state index in [1.807, 2.05) is 70.2 Å². The summed E-state index contributed by atoms with van der Waals surface area (Å²) in [6, 6.07) is 15.6. The number of carbonyl (C=O) groups is 3. The van der Waals surface area contributed by atoms with Gasteiger partial charge in [-0.05, 0) is 48.1 Å². The summed E-state index contributed by atoms with van der Waals surface area (Å²) in [5.74, 6) is -0.935. The Labute approximate surface area is 216 Å². The minimum absolute atomic E-state index is 0.0923. The van der Waals surface area contributed by atoms with Gasteiger partial charge in [0.1, 0.15) is 17.8 Å². The molecule has 2 aliphatic heterocycles. The third-order valence-corrected chi connectivity index (χ3v) is 7.46. The molecule has 1 spiro atoms. The van der Waals surface area contributed by atoms with Crippen LogP contribution >= 0.6 is 0 Å². The lowest BCUT2D eigenvalue weighted by Crippen LogP contribution is -2.52. The highest BCUT2D eigenvalue weighted by molar-refractivity contribution is 6.07. The van der Waals surface area contributed by atoms with Crippen LogP contribution in [0, 0.1) is 23.7 Å². The van der Waals surface area contributed by atoms with E-state index in [-0.39, 0.29) is 36.1 Å². The van der Waals surface area contributed by atoms with E-state index in [9.17, 15) is 19.6 Å². The highest BCUT2D eigenvalue weighted by Crippen LogP contribution is 2.46. The van der Waals surface area contributed by atoms with E-state index in [0.29, 0.717) is 17.8 Å². The molecule has 190 valence electrons. The Morgan fingerprint density at radius 1 is 1.22 bits per heavy atom. The standard InChI is InChI=1S/C29H31N5O3/c1-17-8-7-11-21-19(17)12-23(31-21)25(35)32-24(14-28(2,3)4)26(36)34-16-29(13-18(34)15-30)20-9-5-6-10-22(20)33-27(29)37/h5-12,18,24,31H,13-14,16H2,1-4H3,(H,32,35)(H,33,37)/t18-,24+,29-/m0/s1. The molecule has 0 radical (unpaired) electrons. The zero-order valence-corrected chi connectivity index (χ0v) is 21.5. The number of aromatic amines is 1. The predicted molar refractivity (Wildman–Crippen MR) is 141 cm³/mol. The molecular weight excluding hydrogens is 466 g/mol. The van der Waals surface area contributed by atoms with E-state index >= 15 is 0 Å². The van der Waals surface area contributed by atoms with Gasteiger partial charge in [0.15, 0.2) is 0 Å². The lowest BCUT2D eigenvalue weighted by molar-refractivity contribution is -0.134. The van der Waals surface area contributed by atoms with Crippen LogP contribution in [0.15, 0.2) is 48.5 Å². The zero-order valence-electron chi connectivity index (χ0n) is 21.5. The minimum Gasteiger partial charge on any atom is -0.351 e. The summed E-state index contributed by atoms with van der Waals surface area (Å²) in [4.78, 5) is 45.0. The molecule has 0 bridgehead atoms. The molecule has 0 saturated carbocycles. The number of para-hydroxylation sites is 1. The van der Waals surface area contributed by atoms with Crippen molar-refractivity contribution in [2.75, 3.05) is 11.9 Å². The number of aromatic nitrogens is 1. The van der Waals surface area contributed by atoms with Crippen LogP contribution in [0.1, 0.15) is 55.2 Å². The largest absolute Gasteiger partial charge is 0.351 e. The first kappa shape index (κ1) is 24.6. The number of hydrogen-bond donors (Lipinski definition) is 3. The molecule has 2 aromatic carbocycles. The molecule has 1 saturated heterocycles. The molecule has 3 aromatic rings. The van der Waals surface area contributed by atoms with Crippen molar-refractivity contribution < 1.29 is 14.4 Å². The predicted octanol–water partition coefficient (Wildman–Crippen LogP) is 4.03. The zero-order chi connectivity index (χ0) is 26.5. The number of nitrogens with one attached hydrogen (secondary N) is 3. The first-order valence-corrected chi connectivity index (χ1v) is 12.5. The Kier molecular flexibility index (Phi) is 5.82. The van der Waals surface area contributed by atoms with Gasteiger partial charge in [-0.15, -0.1) is 0 Å². The van der Waals surface area contributed by atoms with Gasteiger partial charge in [0.2, 0.25) is 11.8 Å². The van der Waals surface area contributed by atoms with Gasteiger partial charge in [-0.1, -0.05) is 51.1 Å². The number of aryl methyl sites for hydroxylation is 1. The maximum Gasteiger partial charge on any atom is 0.268 e. The molecule has 0 unspecified atom stereocenters. The van der Waals surface area contributed by atoms with Gasteiger partial charge in [-0.25, -0.2) is 0 Å². The Bertz CT molecular complexity index is 1460. The number of amides is 3. The second kappa shape index (κ2) is 8.77. The number of fused-ring (bicyclic) bond motifs is 3. The first-order chi connectivity index (χ1) is 17.5. The summed E-state index contributed by atoms with van der Waals surface area (Å²) >= 11 is 0. The van der Waals surface area contributed by atoms with Crippen LogP contribution in [0.3, 0.4) is 0 Å². The Hall–Kier alpha value is -4.12. The van der Waals surface area contributed by atoms with Gasteiger partial charge in [-0.3, -0.25) is 14.4 Å². The minimum atomic E-state index is -0.975. The highest BCUT2D eigenvalue weighted by atomic mass is 16.2. The molecule has 5 rings (SSSR count). The average molecular weight is 498 g/mol. The normalized spacial score (nSPS) is 21.5. The number of rotatable bonds is 4. The molecule has 1 aromatic heterocycles. The van der Waals surface area contributed by atoms with Crippen LogP contribution < -0.4 is 10.6 Å². The van der Waals surface area contributed by atoms with E-state index in [4.69, 9.17) is 0 Å². The van der Waals surface area contributed by atoms with Crippen molar-refractivity contribution in [1.29, 1.82) is 5.26 Å². The number of hydrogen-bond acceptors (Lipinski definition) is 4. The first-order valence-electron chi connectivity index (χ1n) is 12.5. The topological polar surface area (TPSA) is 118 Å². The second-order valence-corrected chi connectivity index (χ2v) is 11.4. The molecule has 3 amide bonds. The van der Waals surface area contributed by atoms with Crippen LogP contribution in [0.25, 0.3) is 10.9 Å². The molecule has 37 heavy (non-hydrogen) atoms. The lowest BCUT2D eigenvalue weighted by atomic mass is 9.80. The molecular formula is C29H31N5O3. The van der Waals surface area contributed by atoms with E-state index in [1.165, 1.54) is 4.90 Å². The molecule has 3 atom stereocenters. The Morgan fingerprint density at radius 3 is 2.68 bits per heavy atom. The number of likely N-dealkylation sites (tertiary alicyclic amines) is 1. The van der Waals surface area contributed by atoms with E-state index in [1.54, 1.807) is 6.07 Å². The van der Waals surface area contributed by atoms with Crippen LogP contribution in [0.5, 0.6) is 0 Å². The van der Waals surface area contributed by atoms with Gasteiger partial charge >= 0.3 is 0 Å². The number of nitriles is 1. The molecule has 8 heteroatoms. The van der Waals surface area contributed by atoms with Gasteiger partial charge in [0.05, 0.1) is 11.5 Å². The summed E-state index contributed by atoms with van der Waals surface area (Å²) < 4.78 is 0. The Balaban J connectivity index is 1.44. The average Bonchev–Trinajstić information content (AvgIpc) is 3.53. The number of carbonyl (C=O) groups excluding carboxylic acids is 3. The molecule has 1 fully saturated rings. The van der Waals surface area contributed by atoms with Crippen LogP contribution in [-0.2, 0) is 15.0 Å². The van der Waals surface area contributed by atoms with Crippen LogP contribution in [0.4, 0.5) is 5.69 Å². The summed E-state index contributed by atoms with van der Waals surface area (Å²) in [7, 11) is 0. The van der Waals surface area contributed by atoms with E-state index < -0.39 is 17.5 Å².